The summed E-state index contributed by atoms with van der Waals surface area (Å²) in [5.74, 6) is 3.41. The maximum absolute atomic E-state index is 5.31. The van der Waals surface area contributed by atoms with Crippen LogP contribution >= 0.6 is 0 Å². The Labute approximate surface area is 89.1 Å². The molecule has 0 aliphatic carbocycles. The molecule has 0 fully saturated rings. The molecule has 1 N–H and O–H groups in total. The van der Waals surface area contributed by atoms with Gasteiger partial charge in [0.05, 0.1) is 6.54 Å². The highest BCUT2D eigenvalue weighted by Gasteiger charge is 2.09. The Balaban J connectivity index is 3.70. The zero-order chi connectivity index (χ0) is 11.0. The van der Waals surface area contributed by atoms with Gasteiger partial charge in [-0.1, -0.05) is 26.7 Å². The normalized spacial score (nSPS) is 13.2. The number of nitrogens with zero attached hydrogens (tertiary/aromatic N) is 1. The zero-order valence-electron chi connectivity index (χ0n) is 10.0. The summed E-state index contributed by atoms with van der Waals surface area (Å²) in [4.78, 5) is 2.30. The van der Waals surface area contributed by atoms with Gasteiger partial charge in [-0.2, -0.15) is 0 Å². The van der Waals surface area contributed by atoms with Gasteiger partial charge in [0, 0.05) is 12.6 Å². The lowest BCUT2D eigenvalue weighted by atomic mass is 10.2. The Morgan fingerprint density at radius 1 is 1.29 bits per heavy atom. The van der Waals surface area contributed by atoms with E-state index in [2.05, 4.69) is 43.8 Å². The van der Waals surface area contributed by atoms with E-state index < -0.39 is 0 Å². The second-order valence-corrected chi connectivity index (χ2v) is 4.17. The van der Waals surface area contributed by atoms with E-state index in [1.807, 2.05) is 0 Å². The summed E-state index contributed by atoms with van der Waals surface area (Å²) in [6, 6.07) is 0.523. The Morgan fingerprint density at radius 2 is 1.93 bits per heavy atom. The van der Waals surface area contributed by atoms with Crippen LogP contribution in [0.15, 0.2) is 0 Å². The molecule has 0 aliphatic rings. The molecule has 0 saturated carbocycles. The molecule has 0 aromatic rings. The number of hydrogen-bond donors (Lipinski definition) is 1. The largest absolute Gasteiger partial charge is 0.315 e. The lowest BCUT2D eigenvalue weighted by Gasteiger charge is -2.26. The quantitative estimate of drug-likeness (QED) is 0.622. The molecule has 0 aromatic heterocycles. The standard InChI is InChI=1S/C12H24N2/c1-6-8-14(7-2)12(5)10-13-9-11(3)4/h1,11-13H,7-10H2,2-5H3. The SMILES string of the molecule is C#CCN(CC)C(C)CNCC(C)C. The van der Waals surface area contributed by atoms with Crippen molar-refractivity contribution < 1.29 is 0 Å². The molecular formula is C12H24N2. The molecule has 1 atom stereocenters. The smallest absolute Gasteiger partial charge is 0.0601 e. The molecule has 0 spiro atoms. The summed E-state index contributed by atoms with van der Waals surface area (Å²) in [5, 5.41) is 3.45. The Hall–Kier alpha value is -0.520. The summed E-state index contributed by atoms with van der Waals surface area (Å²) in [5.41, 5.74) is 0. The van der Waals surface area contributed by atoms with Gasteiger partial charge in [-0.05, 0) is 25.9 Å². The van der Waals surface area contributed by atoms with Crippen LogP contribution in [0.5, 0.6) is 0 Å². The third-order valence-electron chi connectivity index (χ3n) is 2.32. The van der Waals surface area contributed by atoms with Gasteiger partial charge in [0.1, 0.15) is 0 Å². The minimum Gasteiger partial charge on any atom is -0.315 e. The van der Waals surface area contributed by atoms with Crippen LogP contribution < -0.4 is 5.32 Å². The Bertz CT molecular complexity index is 170. The number of likely N-dealkylation sites (N-methyl/N-ethyl adjacent to an activating group) is 1. The van der Waals surface area contributed by atoms with E-state index in [9.17, 15) is 0 Å². The van der Waals surface area contributed by atoms with Gasteiger partial charge in [0.25, 0.3) is 0 Å². The minimum atomic E-state index is 0.523. The van der Waals surface area contributed by atoms with Crippen LogP contribution in [-0.4, -0.2) is 37.1 Å². The predicted octanol–water partition coefficient (Wildman–Crippen LogP) is 1.58. The van der Waals surface area contributed by atoms with Crippen molar-refractivity contribution in [2.24, 2.45) is 5.92 Å². The van der Waals surface area contributed by atoms with E-state index in [-0.39, 0.29) is 0 Å². The highest BCUT2D eigenvalue weighted by Crippen LogP contribution is 1.97. The van der Waals surface area contributed by atoms with Gasteiger partial charge < -0.3 is 5.32 Å². The Morgan fingerprint density at radius 3 is 2.36 bits per heavy atom. The van der Waals surface area contributed by atoms with Crippen molar-refractivity contribution >= 4 is 0 Å². The number of rotatable bonds is 7. The van der Waals surface area contributed by atoms with Gasteiger partial charge in [0.15, 0.2) is 0 Å². The summed E-state index contributed by atoms with van der Waals surface area (Å²) in [6.45, 7) is 12.7. The number of nitrogens with one attached hydrogen (secondary N) is 1. The third-order valence-corrected chi connectivity index (χ3v) is 2.32. The molecule has 0 heterocycles. The van der Waals surface area contributed by atoms with Gasteiger partial charge >= 0.3 is 0 Å². The van der Waals surface area contributed by atoms with Crippen molar-refractivity contribution in [1.82, 2.24) is 10.2 Å². The van der Waals surface area contributed by atoms with Crippen molar-refractivity contribution in [2.75, 3.05) is 26.2 Å². The van der Waals surface area contributed by atoms with Gasteiger partial charge in [0.2, 0.25) is 0 Å². The molecule has 0 saturated heterocycles. The van der Waals surface area contributed by atoms with Crippen LogP contribution in [0.1, 0.15) is 27.7 Å². The summed E-state index contributed by atoms with van der Waals surface area (Å²) >= 11 is 0. The molecule has 0 aromatic carbocycles. The molecule has 0 aliphatic heterocycles. The lowest BCUT2D eigenvalue weighted by molar-refractivity contribution is 0.239. The molecule has 0 amide bonds. The van der Waals surface area contributed by atoms with Crippen LogP contribution in [0.4, 0.5) is 0 Å². The molecule has 0 radical (unpaired) electrons. The van der Waals surface area contributed by atoms with Gasteiger partial charge in [-0.3, -0.25) is 4.90 Å². The molecule has 1 unspecified atom stereocenters. The maximum Gasteiger partial charge on any atom is 0.0601 e. The predicted molar refractivity (Wildman–Crippen MR) is 63.2 cm³/mol. The zero-order valence-corrected chi connectivity index (χ0v) is 10.0. The van der Waals surface area contributed by atoms with E-state index >= 15 is 0 Å². The summed E-state index contributed by atoms with van der Waals surface area (Å²) in [6.07, 6.45) is 5.31. The van der Waals surface area contributed by atoms with E-state index in [0.717, 1.165) is 26.2 Å². The molecule has 14 heavy (non-hydrogen) atoms. The summed E-state index contributed by atoms with van der Waals surface area (Å²) < 4.78 is 0. The van der Waals surface area contributed by atoms with Crippen molar-refractivity contribution in [1.29, 1.82) is 0 Å². The van der Waals surface area contributed by atoms with Gasteiger partial charge in [-0.25, -0.2) is 0 Å². The minimum absolute atomic E-state index is 0.523. The van der Waals surface area contributed by atoms with E-state index in [1.54, 1.807) is 0 Å². The van der Waals surface area contributed by atoms with Crippen LogP contribution in [0.2, 0.25) is 0 Å². The highest BCUT2D eigenvalue weighted by molar-refractivity contribution is 4.89. The van der Waals surface area contributed by atoms with E-state index in [1.165, 1.54) is 0 Å². The highest BCUT2D eigenvalue weighted by atomic mass is 15.2. The second kappa shape index (κ2) is 7.84. The Kier molecular flexibility index (Phi) is 7.55. The molecule has 0 bridgehead atoms. The second-order valence-electron chi connectivity index (χ2n) is 4.17. The van der Waals surface area contributed by atoms with E-state index in [4.69, 9.17) is 6.42 Å². The number of terminal acetylenes is 1. The average Bonchev–Trinajstić information content (AvgIpc) is 2.13. The molecule has 0 rings (SSSR count). The lowest BCUT2D eigenvalue weighted by Crippen LogP contribution is -2.41. The first kappa shape index (κ1) is 13.5. The first-order valence-corrected chi connectivity index (χ1v) is 5.50. The van der Waals surface area contributed by atoms with Crippen LogP contribution in [0, 0.1) is 18.3 Å². The third kappa shape index (κ3) is 6.01. The maximum atomic E-state index is 5.31. The van der Waals surface area contributed by atoms with Crippen LogP contribution in [0.25, 0.3) is 0 Å². The van der Waals surface area contributed by atoms with Crippen LogP contribution in [0.3, 0.4) is 0 Å². The average molecular weight is 196 g/mol. The fourth-order valence-corrected chi connectivity index (χ4v) is 1.41. The van der Waals surface area contributed by atoms with Crippen LogP contribution in [-0.2, 0) is 0 Å². The fourth-order valence-electron chi connectivity index (χ4n) is 1.41. The molecule has 82 valence electrons. The fraction of sp³-hybridized carbons (Fsp3) is 0.833. The van der Waals surface area contributed by atoms with Crippen molar-refractivity contribution in [3.63, 3.8) is 0 Å². The molecular weight excluding hydrogens is 172 g/mol. The topological polar surface area (TPSA) is 15.3 Å². The van der Waals surface area contributed by atoms with Crippen molar-refractivity contribution in [3.05, 3.63) is 0 Å². The summed E-state index contributed by atoms with van der Waals surface area (Å²) in [7, 11) is 0. The van der Waals surface area contributed by atoms with E-state index in [0.29, 0.717) is 12.0 Å². The monoisotopic (exact) mass is 196 g/mol. The van der Waals surface area contributed by atoms with Gasteiger partial charge in [-0.15, -0.1) is 6.42 Å². The number of hydrogen-bond acceptors (Lipinski definition) is 2. The first-order chi connectivity index (χ1) is 6.61. The van der Waals surface area contributed by atoms with Crippen molar-refractivity contribution in [2.45, 2.75) is 33.7 Å². The van der Waals surface area contributed by atoms with Crippen molar-refractivity contribution in [3.8, 4) is 12.3 Å². The first-order valence-electron chi connectivity index (χ1n) is 5.50. The molecule has 2 heteroatoms. The molecule has 2 nitrogen and oxygen atoms in total.